The molecule has 0 aliphatic rings. The number of hydrogen-bond acceptors (Lipinski definition) is 3. The van der Waals surface area contributed by atoms with E-state index in [2.05, 4.69) is 0 Å². The number of hydrogen-bond donors (Lipinski definition) is 2. The summed E-state index contributed by atoms with van der Waals surface area (Å²) in [7, 11) is -2.34. The van der Waals surface area contributed by atoms with Crippen LogP contribution in [0.4, 0.5) is 0 Å². The molecule has 3 nitrogen and oxygen atoms in total. The molecule has 0 aliphatic carbocycles. The normalized spacial score (nSPS) is 11.3. The van der Waals surface area contributed by atoms with Crippen LogP contribution < -0.4 is 5.73 Å². The topological polar surface area (TPSA) is 60.2 Å². The van der Waals surface area contributed by atoms with Crippen LogP contribution in [0.2, 0.25) is 0 Å². The van der Waals surface area contributed by atoms with Gasteiger partial charge in [-0.05, 0) is 19.4 Å². The third-order valence-electron chi connectivity index (χ3n) is 0.802. The van der Waals surface area contributed by atoms with Crippen LogP contribution in [0.1, 0.15) is 12.8 Å². The third-order valence-corrected chi connectivity index (χ3v) is 1.26. The Morgan fingerprint density at radius 1 is 1.44 bits per heavy atom. The van der Waals surface area contributed by atoms with Crippen LogP contribution in [0.15, 0.2) is 11.5 Å². The lowest BCUT2D eigenvalue weighted by atomic mass is 10.3. The molecule has 0 amide bonds. The minimum absolute atomic E-state index is 0.611. The van der Waals surface area contributed by atoms with Crippen LogP contribution in [0.5, 0.6) is 0 Å². The molecule has 0 radical (unpaired) electrons. The quantitative estimate of drug-likeness (QED) is 0.431. The smallest absolute Gasteiger partial charge is 0.161 e. The Hall–Kier alpha value is -0.350. The van der Waals surface area contributed by atoms with E-state index < -0.39 is 10.7 Å². The molecule has 4 heteroatoms. The highest BCUT2D eigenvalue weighted by Gasteiger charge is 1.76. The molecule has 0 bridgehead atoms. The monoisotopic (exact) mass is 149 g/mol. The Morgan fingerprint density at radius 3 is 2.56 bits per heavy atom. The van der Waals surface area contributed by atoms with E-state index in [1.807, 2.05) is 0 Å². The van der Waals surface area contributed by atoms with Crippen molar-refractivity contribution in [2.24, 2.45) is 5.73 Å². The Bertz CT molecular complexity index is 143. The van der Waals surface area contributed by atoms with Crippen molar-refractivity contribution in [1.29, 1.82) is 0 Å². The number of rotatable bonds is 4. The molecule has 0 atom stereocenters. The lowest BCUT2D eigenvalue weighted by Crippen LogP contribution is -1.96. The molecule has 54 valence electrons. The average Bonchev–Trinajstić information content (AvgIpc) is 1.80. The molecular weight excluding hydrogens is 138 g/mol. The zero-order chi connectivity index (χ0) is 7.11. The Morgan fingerprint density at radius 2 is 2.11 bits per heavy atom. The maximum atomic E-state index is 9.88. The van der Waals surface area contributed by atoms with Gasteiger partial charge in [-0.1, -0.05) is 6.08 Å². The van der Waals surface area contributed by atoms with E-state index in [4.69, 9.17) is 5.73 Å². The van der Waals surface area contributed by atoms with Gasteiger partial charge in [0.25, 0.3) is 0 Å². The van der Waals surface area contributed by atoms with Crippen LogP contribution in [-0.4, -0.2) is 15.0 Å². The first-order valence-corrected chi connectivity index (χ1v) is 4.02. The van der Waals surface area contributed by atoms with Gasteiger partial charge in [0, 0.05) is 5.41 Å². The zero-order valence-electron chi connectivity index (χ0n) is 5.12. The summed E-state index contributed by atoms with van der Waals surface area (Å²) in [6, 6.07) is 0. The summed E-state index contributed by atoms with van der Waals surface area (Å²) < 4.78 is 19.8. The Kier molecular flexibility index (Phi) is 5.56. The van der Waals surface area contributed by atoms with Gasteiger partial charge in [-0.15, -0.1) is 0 Å². The third kappa shape index (κ3) is 7.65. The van der Waals surface area contributed by atoms with Crippen molar-refractivity contribution in [2.75, 3.05) is 6.54 Å². The van der Waals surface area contributed by atoms with Crippen LogP contribution in [0.25, 0.3) is 0 Å². The molecule has 0 fully saturated rings. The fraction of sp³-hybridized carbons (Fsp3) is 0.600. The summed E-state index contributed by atoms with van der Waals surface area (Å²) in [5.41, 5.74) is 5.16. The van der Waals surface area contributed by atoms with Crippen molar-refractivity contribution in [3.05, 3.63) is 11.5 Å². The standard InChI is InChI=1S/C5H11NO2S/c6-4-2-1-3-5-9(7)8/h3,5,9H,1-2,4,6H2. The molecule has 0 rings (SSSR count). The summed E-state index contributed by atoms with van der Waals surface area (Å²) in [5, 5.41) is 1.17. The second-order valence-electron chi connectivity index (χ2n) is 1.60. The molecule has 0 saturated carbocycles. The molecule has 0 saturated heterocycles. The molecule has 2 N–H and O–H groups in total. The van der Waals surface area contributed by atoms with E-state index >= 15 is 0 Å². The molecule has 0 spiro atoms. The molecule has 9 heavy (non-hydrogen) atoms. The molecule has 0 aliphatic heterocycles. The van der Waals surface area contributed by atoms with Gasteiger partial charge < -0.3 is 5.73 Å². The van der Waals surface area contributed by atoms with Gasteiger partial charge in [-0.3, -0.25) is 0 Å². The van der Waals surface area contributed by atoms with Gasteiger partial charge in [0.05, 0.1) is 0 Å². The van der Waals surface area contributed by atoms with Crippen molar-refractivity contribution in [3.8, 4) is 0 Å². The van der Waals surface area contributed by atoms with Crippen molar-refractivity contribution in [2.45, 2.75) is 12.8 Å². The number of thiol groups is 1. The Labute approximate surface area is 56.5 Å². The van der Waals surface area contributed by atoms with Gasteiger partial charge in [-0.25, -0.2) is 8.42 Å². The van der Waals surface area contributed by atoms with Gasteiger partial charge in [0.2, 0.25) is 0 Å². The number of allylic oxidation sites excluding steroid dienone is 1. The fourth-order valence-corrected chi connectivity index (χ4v) is 0.718. The first-order chi connectivity index (χ1) is 4.27. The van der Waals surface area contributed by atoms with Crippen LogP contribution in [-0.2, 0) is 10.7 Å². The average molecular weight is 149 g/mol. The van der Waals surface area contributed by atoms with E-state index in [9.17, 15) is 8.42 Å². The lowest BCUT2D eigenvalue weighted by molar-refractivity contribution is 0.621. The predicted octanol–water partition coefficient (Wildman–Crippen LogP) is -0.150. The predicted molar refractivity (Wildman–Crippen MR) is 37.7 cm³/mol. The van der Waals surface area contributed by atoms with E-state index in [-0.39, 0.29) is 0 Å². The largest absolute Gasteiger partial charge is 0.330 e. The summed E-state index contributed by atoms with van der Waals surface area (Å²) in [6.07, 6.45) is 3.21. The Balaban J connectivity index is 3.25. The first-order valence-electron chi connectivity index (χ1n) is 2.77. The maximum absolute atomic E-state index is 9.88. The van der Waals surface area contributed by atoms with Gasteiger partial charge in [0.1, 0.15) is 0 Å². The molecule has 0 heterocycles. The van der Waals surface area contributed by atoms with E-state index in [0.717, 1.165) is 12.8 Å². The highest BCUT2D eigenvalue weighted by molar-refractivity contribution is 7.75. The van der Waals surface area contributed by atoms with E-state index in [1.54, 1.807) is 6.08 Å². The van der Waals surface area contributed by atoms with Crippen molar-refractivity contribution < 1.29 is 8.42 Å². The summed E-state index contributed by atoms with van der Waals surface area (Å²) in [6.45, 7) is 0.611. The van der Waals surface area contributed by atoms with Crippen molar-refractivity contribution in [3.63, 3.8) is 0 Å². The zero-order valence-corrected chi connectivity index (χ0v) is 6.01. The minimum Gasteiger partial charge on any atom is -0.330 e. The van der Waals surface area contributed by atoms with Gasteiger partial charge >= 0.3 is 0 Å². The van der Waals surface area contributed by atoms with E-state index in [0.29, 0.717) is 6.54 Å². The van der Waals surface area contributed by atoms with Crippen LogP contribution in [0, 0.1) is 0 Å². The van der Waals surface area contributed by atoms with Crippen LogP contribution >= 0.6 is 0 Å². The molecule has 0 aromatic rings. The fourth-order valence-electron chi connectivity index (χ4n) is 0.396. The number of unbranched alkanes of at least 4 members (excludes halogenated alkanes) is 1. The number of nitrogens with two attached hydrogens (primary N) is 1. The van der Waals surface area contributed by atoms with E-state index in [1.165, 1.54) is 5.41 Å². The second kappa shape index (κ2) is 5.78. The SMILES string of the molecule is NCCCC=C[SH](=O)=O. The first kappa shape index (κ1) is 8.65. The van der Waals surface area contributed by atoms with Gasteiger partial charge in [-0.2, -0.15) is 0 Å². The molecule has 0 aromatic heterocycles. The highest BCUT2D eigenvalue weighted by atomic mass is 32.2. The molecule has 0 aromatic carbocycles. The molecular formula is C5H11NO2S. The van der Waals surface area contributed by atoms with Crippen molar-refractivity contribution in [1.82, 2.24) is 0 Å². The summed E-state index contributed by atoms with van der Waals surface area (Å²) >= 11 is 0. The highest BCUT2D eigenvalue weighted by Crippen LogP contribution is 1.86. The summed E-state index contributed by atoms with van der Waals surface area (Å²) in [4.78, 5) is 0. The molecule has 0 unspecified atom stereocenters. The van der Waals surface area contributed by atoms with Gasteiger partial charge in [0.15, 0.2) is 10.7 Å². The maximum Gasteiger partial charge on any atom is 0.161 e. The lowest BCUT2D eigenvalue weighted by Gasteiger charge is -1.84. The summed E-state index contributed by atoms with van der Waals surface area (Å²) in [5.74, 6) is 0. The second-order valence-corrected chi connectivity index (χ2v) is 2.47. The van der Waals surface area contributed by atoms with Crippen molar-refractivity contribution >= 4 is 10.7 Å². The van der Waals surface area contributed by atoms with Crippen LogP contribution in [0.3, 0.4) is 0 Å². The minimum atomic E-state index is -2.34.